The third-order valence-corrected chi connectivity index (χ3v) is 3.91. The molecule has 1 fully saturated rings. The fourth-order valence-electron chi connectivity index (χ4n) is 2.58. The molecule has 0 bridgehead atoms. The van der Waals surface area contributed by atoms with Crippen molar-refractivity contribution < 1.29 is 9.53 Å². The van der Waals surface area contributed by atoms with Crippen molar-refractivity contribution in [3.05, 3.63) is 41.6 Å². The zero-order valence-corrected chi connectivity index (χ0v) is 11.7. The van der Waals surface area contributed by atoms with Crippen LogP contribution < -0.4 is 9.64 Å². The molecule has 0 unspecified atom stereocenters. The van der Waals surface area contributed by atoms with E-state index in [1.165, 1.54) is 19.0 Å². The van der Waals surface area contributed by atoms with Crippen LogP contribution in [0.3, 0.4) is 0 Å². The van der Waals surface area contributed by atoms with Gasteiger partial charge in [0.25, 0.3) is 11.8 Å². The highest BCUT2D eigenvalue weighted by atomic mass is 16.5. The highest BCUT2D eigenvalue weighted by molar-refractivity contribution is 6.09. The Morgan fingerprint density at radius 2 is 2.19 bits per heavy atom. The number of hydrogen-bond donors (Lipinski definition) is 0. The van der Waals surface area contributed by atoms with Crippen molar-refractivity contribution in [2.24, 2.45) is 5.92 Å². The van der Waals surface area contributed by atoms with Crippen molar-refractivity contribution >= 4 is 11.6 Å². The van der Waals surface area contributed by atoms with E-state index in [-0.39, 0.29) is 11.8 Å². The number of benzene rings is 1. The zero-order valence-electron chi connectivity index (χ0n) is 11.7. The number of fused-ring (bicyclic) bond motifs is 2. The van der Waals surface area contributed by atoms with E-state index in [1.54, 1.807) is 6.07 Å². The minimum Gasteiger partial charge on any atom is -0.435 e. The lowest BCUT2D eigenvalue weighted by molar-refractivity contribution is 0.0985. The summed E-state index contributed by atoms with van der Waals surface area (Å²) in [5, 5.41) is 7.78. The Morgan fingerprint density at radius 1 is 1.33 bits per heavy atom. The molecule has 4 rings (SSSR count). The molecule has 1 aliphatic heterocycles. The number of carbonyl (C=O) groups excluding carboxylic acids is 1. The van der Waals surface area contributed by atoms with Crippen LogP contribution in [0.15, 0.2) is 30.5 Å². The molecule has 21 heavy (non-hydrogen) atoms. The van der Waals surface area contributed by atoms with Crippen molar-refractivity contribution in [1.29, 1.82) is 0 Å². The third-order valence-electron chi connectivity index (χ3n) is 3.91. The van der Waals surface area contributed by atoms with E-state index in [0.717, 1.165) is 17.8 Å². The molecule has 2 aliphatic rings. The molecule has 2 heterocycles. The lowest BCUT2D eigenvalue weighted by Gasteiger charge is -2.22. The third kappa shape index (κ3) is 2.14. The van der Waals surface area contributed by atoms with Crippen molar-refractivity contribution in [3.63, 3.8) is 0 Å². The maximum Gasteiger partial charge on any atom is 0.264 e. The summed E-state index contributed by atoms with van der Waals surface area (Å²) in [6.07, 6.45) is 3.90. The monoisotopic (exact) mass is 281 g/mol. The van der Waals surface area contributed by atoms with Crippen LogP contribution in [0, 0.1) is 12.8 Å². The van der Waals surface area contributed by atoms with Gasteiger partial charge >= 0.3 is 0 Å². The first-order chi connectivity index (χ1) is 10.2. The number of aryl methyl sites for hydroxylation is 1. The first-order valence-corrected chi connectivity index (χ1v) is 7.14. The largest absolute Gasteiger partial charge is 0.435 e. The molecule has 1 aromatic heterocycles. The lowest BCUT2D eigenvalue weighted by Crippen LogP contribution is -2.32. The minimum absolute atomic E-state index is 0.0591. The second kappa shape index (κ2) is 4.55. The van der Waals surface area contributed by atoms with Crippen LogP contribution in [0.2, 0.25) is 0 Å². The Morgan fingerprint density at radius 3 is 3.00 bits per heavy atom. The van der Waals surface area contributed by atoms with Crippen molar-refractivity contribution in [1.82, 2.24) is 10.2 Å². The summed E-state index contributed by atoms with van der Waals surface area (Å²) in [7, 11) is 0. The van der Waals surface area contributed by atoms with Gasteiger partial charge < -0.3 is 9.64 Å². The Hall–Kier alpha value is -2.43. The fraction of sp³-hybridized carbons (Fsp3) is 0.312. The molecule has 0 saturated heterocycles. The SMILES string of the molecule is Cc1ccc2c(c1)N(CC1CC1)C(=O)c1ccnnc1O2. The molecule has 0 spiro atoms. The first-order valence-electron chi connectivity index (χ1n) is 7.14. The van der Waals surface area contributed by atoms with Crippen LogP contribution in [0.5, 0.6) is 11.6 Å². The van der Waals surface area contributed by atoms with Gasteiger partial charge in [-0.2, -0.15) is 5.10 Å². The fourth-order valence-corrected chi connectivity index (χ4v) is 2.58. The summed E-state index contributed by atoms with van der Waals surface area (Å²) in [4.78, 5) is 14.7. The number of aromatic nitrogens is 2. The number of rotatable bonds is 2. The second-order valence-electron chi connectivity index (χ2n) is 5.68. The molecule has 5 nitrogen and oxygen atoms in total. The smallest absolute Gasteiger partial charge is 0.264 e. The summed E-state index contributed by atoms with van der Waals surface area (Å²) in [6.45, 7) is 2.75. The average Bonchev–Trinajstić information content (AvgIpc) is 3.31. The summed E-state index contributed by atoms with van der Waals surface area (Å²) < 4.78 is 5.82. The van der Waals surface area contributed by atoms with Gasteiger partial charge in [0.2, 0.25) is 0 Å². The average molecular weight is 281 g/mol. The number of hydrogen-bond acceptors (Lipinski definition) is 4. The van der Waals surface area contributed by atoms with Crippen molar-refractivity contribution in [3.8, 4) is 11.6 Å². The van der Waals surface area contributed by atoms with Gasteiger partial charge in [0.15, 0.2) is 5.75 Å². The molecule has 2 aromatic rings. The molecule has 1 aromatic carbocycles. The second-order valence-corrected chi connectivity index (χ2v) is 5.68. The van der Waals surface area contributed by atoms with Crippen LogP contribution in [-0.2, 0) is 0 Å². The number of nitrogens with zero attached hydrogens (tertiary/aromatic N) is 3. The van der Waals surface area contributed by atoms with Crippen LogP contribution in [0.4, 0.5) is 5.69 Å². The van der Waals surface area contributed by atoms with Crippen molar-refractivity contribution in [2.75, 3.05) is 11.4 Å². The molecule has 0 N–H and O–H groups in total. The minimum atomic E-state index is -0.0591. The lowest BCUT2D eigenvalue weighted by atomic mass is 10.1. The number of anilines is 1. The molecule has 1 saturated carbocycles. The highest BCUT2D eigenvalue weighted by Crippen LogP contribution is 2.40. The molecule has 5 heteroatoms. The van der Waals surface area contributed by atoms with Crippen LogP contribution >= 0.6 is 0 Å². The van der Waals surface area contributed by atoms with Crippen LogP contribution in [0.1, 0.15) is 28.8 Å². The molecule has 0 radical (unpaired) electrons. The van der Waals surface area contributed by atoms with E-state index < -0.39 is 0 Å². The van der Waals surface area contributed by atoms with Gasteiger partial charge in [-0.15, -0.1) is 5.10 Å². The van der Waals surface area contributed by atoms with Gasteiger partial charge in [-0.1, -0.05) is 6.07 Å². The van der Waals surface area contributed by atoms with E-state index in [4.69, 9.17) is 4.74 Å². The summed E-state index contributed by atoms with van der Waals surface area (Å²) in [6, 6.07) is 7.53. The van der Waals surface area contributed by atoms with Gasteiger partial charge in [0.1, 0.15) is 5.56 Å². The molecule has 1 aliphatic carbocycles. The number of carbonyl (C=O) groups is 1. The van der Waals surface area contributed by atoms with E-state index >= 15 is 0 Å². The Balaban J connectivity index is 1.87. The topological polar surface area (TPSA) is 55.3 Å². The highest BCUT2D eigenvalue weighted by Gasteiger charge is 2.33. The standard InChI is InChI=1S/C16H15N3O2/c1-10-2-5-14-13(8-10)19(9-11-3-4-11)16(20)12-6-7-17-18-15(12)21-14/h2,5-8,11H,3-4,9H2,1H3. The Bertz CT molecular complexity index is 725. The summed E-state index contributed by atoms with van der Waals surface area (Å²) in [5.41, 5.74) is 2.40. The molecule has 1 amide bonds. The Kier molecular flexibility index (Phi) is 2.67. The van der Waals surface area contributed by atoms with Crippen LogP contribution in [-0.4, -0.2) is 22.6 Å². The molecule has 0 atom stereocenters. The maximum atomic E-state index is 12.9. The van der Waals surface area contributed by atoms with Gasteiger partial charge in [-0.05, 0) is 49.4 Å². The molecular formula is C16H15N3O2. The number of ether oxygens (including phenoxy) is 1. The number of amides is 1. The van der Waals surface area contributed by atoms with Gasteiger partial charge in [0.05, 0.1) is 11.9 Å². The van der Waals surface area contributed by atoms with E-state index in [9.17, 15) is 4.79 Å². The predicted molar refractivity (Wildman–Crippen MR) is 77.7 cm³/mol. The zero-order chi connectivity index (χ0) is 14.4. The summed E-state index contributed by atoms with van der Waals surface area (Å²) in [5.74, 6) is 1.48. The van der Waals surface area contributed by atoms with E-state index in [2.05, 4.69) is 10.2 Å². The molecular weight excluding hydrogens is 266 g/mol. The predicted octanol–water partition coefficient (Wildman–Crippen LogP) is 2.95. The van der Waals surface area contributed by atoms with Gasteiger partial charge in [-0.3, -0.25) is 4.79 Å². The quantitative estimate of drug-likeness (QED) is 0.849. The summed E-state index contributed by atoms with van der Waals surface area (Å²) >= 11 is 0. The van der Waals surface area contributed by atoms with E-state index in [1.807, 2.05) is 30.0 Å². The first kappa shape index (κ1) is 12.3. The van der Waals surface area contributed by atoms with Gasteiger partial charge in [-0.25, -0.2) is 0 Å². The Labute approximate surface area is 122 Å². The molecule has 106 valence electrons. The van der Waals surface area contributed by atoms with Crippen molar-refractivity contribution in [2.45, 2.75) is 19.8 Å². The van der Waals surface area contributed by atoms with E-state index in [0.29, 0.717) is 17.2 Å². The normalized spacial score (nSPS) is 16.8. The van der Waals surface area contributed by atoms with Crippen LogP contribution in [0.25, 0.3) is 0 Å². The van der Waals surface area contributed by atoms with Gasteiger partial charge in [0, 0.05) is 6.54 Å². The maximum absolute atomic E-state index is 12.9.